The molecule has 0 aliphatic rings. The largest absolute Gasteiger partial charge is 0.369 e. The van der Waals surface area contributed by atoms with E-state index in [1.54, 1.807) is 12.1 Å². The van der Waals surface area contributed by atoms with E-state index in [1.165, 1.54) is 0 Å². The number of benzene rings is 1. The van der Waals surface area contributed by atoms with Gasteiger partial charge in [0.1, 0.15) is 0 Å². The van der Waals surface area contributed by atoms with Crippen molar-refractivity contribution in [1.82, 2.24) is 5.32 Å². The Labute approximate surface area is 114 Å². The van der Waals surface area contributed by atoms with Crippen LogP contribution < -0.4 is 10.6 Å². The summed E-state index contributed by atoms with van der Waals surface area (Å²) < 4.78 is -1.97. The third-order valence-electron chi connectivity index (χ3n) is 1.89. The third-order valence-corrected chi connectivity index (χ3v) is 2.51. The number of rotatable bonds is 2. The first-order valence-electron chi connectivity index (χ1n) is 4.68. The minimum Gasteiger partial charge on any atom is -0.369 e. The van der Waals surface area contributed by atoms with Crippen LogP contribution in [0.25, 0.3) is 0 Å². The van der Waals surface area contributed by atoms with E-state index in [1.807, 2.05) is 19.1 Å². The molecule has 7 heteroatoms. The molecule has 17 heavy (non-hydrogen) atoms. The summed E-state index contributed by atoms with van der Waals surface area (Å²) in [4.78, 5) is 11.4. The van der Waals surface area contributed by atoms with E-state index in [0.717, 1.165) is 5.56 Å². The van der Waals surface area contributed by atoms with Crippen molar-refractivity contribution in [3.63, 3.8) is 0 Å². The van der Waals surface area contributed by atoms with Gasteiger partial charge in [-0.15, -0.1) is 0 Å². The average Bonchev–Trinajstić information content (AvgIpc) is 2.20. The Morgan fingerprint density at radius 1 is 1.29 bits per heavy atom. The van der Waals surface area contributed by atoms with E-state index >= 15 is 0 Å². The highest BCUT2D eigenvalue weighted by molar-refractivity contribution is 6.68. The van der Waals surface area contributed by atoms with Crippen LogP contribution in [-0.4, -0.2) is 21.2 Å². The van der Waals surface area contributed by atoms with Gasteiger partial charge in [0.2, 0.25) is 3.79 Å². The lowest BCUT2D eigenvalue weighted by atomic mass is 10.2. The summed E-state index contributed by atoms with van der Waals surface area (Å²) in [5.74, 6) is 0. The van der Waals surface area contributed by atoms with Gasteiger partial charge >= 0.3 is 6.03 Å². The summed E-state index contributed by atoms with van der Waals surface area (Å²) in [6, 6.07) is 6.45. The first-order chi connectivity index (χ1) is 7.79. The number of urea groups is 1. The molecule has 0 radical (unpaired) electrons. The van der Waals surface area contributed by atoms with E-state index in [2.05, 4.69) is 10.6 Å². The summed E-state index contributed by atoms with van der Waals surface area (Å²) in [7, 11) is 0. The van der Waals surface area contributed by atoms with Gasteiger partial charge in [-0.2, -0.15) is 0 Å². The summed E-state index contributed by atoms with van der Waals surface area (Å²) in [5, 5.41) is 13.9. The van der Waals surface area contributed by atoms with Gasteiger partial charge in [0.25, 0.3) is 0 Å². The molecule has 1 rings (SSSR count). The van der Waals surface area contributed by atoms with E-state index in [-0.39, 0.29) is 0 Å². The van der Waals surface area contributed by atoms with Crippen LogP contribution >= 0.6 is 34.8 Å². The molecule has 0 saturated heterocycles. The molecule has 4 nitrogen and oxygen atoms in total. The SMILES string of the molecule is Cc1ccc(NC(=O)NC(O)C(Cl)(Cl)Cl)cc1. The molecule has 0 heterocycles. The summed E-state index contributed by atoms with van der Waals surface area (Å²) >= 11 is 16.2. The van der Waals surface area contributed by atoms with Crippen molar-refractivity contribution < 1.29 is 9.90 Å². The molecule has 94 valence electrons. The van der Waals surface area contributed by atoms with E-state index < -0.39 is 16.1 Å². The molecule has 1 unspecified atom stereocenters. The number of carbonyl (C=O) groups excluding carboxylic acids is 1. The lowest BCUT2D eigenvalue weighted by molar-refractivity contribution is 0.148. The molecule has 0 aliphatic carbocycles. The second-order valence-corrected chi connectivity index (χ2v) is 5.78. The standard InChI is InChI=1S/C10H11Cl3N2O2/c1-6-2-4-7(5-3-6)14-9(17)15-8(16)10(11,12)13/h2-5,8,16H,1H3,(H2,14,15,17). The monoisotopic (exact) mass is 296 g/mol. The number of hydrogen-bond donors (Lipinski definition) is 3. The maximum atomic E-state index is 11.4. The second kappa shape index (κ2) is 5.78. The number of hydrogen-bond acceptors (Lipinski definition) is 2. The van der Waals surface area contributed by atoms with Gasteiger partial charge in [-0.05, 0) is 19.1 Å². The van der Waals surface area contributed by atoms with Crippen molar-refractivity contribution in [2.45, 2.75) is 16.9 Å². The van der Waals surface area contributed by atoms with Crippen LogP contribution in [0.2, 0.25) is 0 Å². The molecular weight excluding hydrogens is 286 g/mol. The topological polar surface area (TPSA) is 61.4 Å². The Morgan fingerprint density at radius 2 is 1.82 bits per heavy atom. The van der Waals surface area contributed by atoms with Gasteiger partial charge in [0.05, 0.1) is 0 Å². The highest BCUT2D eigenvalue weighted by atomic mass is 35.6. The van der Waals surface area contributed by atoms with Crippen LogP contribution in [-0.2, 0) is 0 Å². The lowest BCUT2D eigenvalue weighted by Gasteiger charge is -2.20. The quantitative estimate of drug-likeness (QED) is 0.580. The third kappa shape index (κ3) is 5.00. The van der Waals surface area contributed by atoms with Crippen LogP contribution in [0.3, 0.4) is 0 Å². The number of aliphatic hydroxyl groups excluding tert-OH is 1. The highest BCUT2D eigenvalue weighted by Crippen LogP contribution is 2.28. The Bertz CT molecular complexity index is 390. The fourth-order valence-corrected chi connectivity index (χ4v) is 1.17. The van der Waals surface area contributed by atoms with Gasteiger partial charge in [0, 0.05) is 5.69 Å². The van der Waals surface area contributed by atoms with Crippen LogP contribution in [0, 0.1) is 6.92 Å². The van der Waals surface area contributed by atoms with Gasteiger partial charge < -0.3 is 15.7 Å². The number of nitrogens with one attached hydrogen (secondary N) is 2. The molecular formula is C10H11Cl3N2O2. The Balaban J connectivity index is 2.53. The smallest absolute Gasteiger partial charge is 0.321 e. The maximum Gasteiger partial charge on any atom is 0.321 e. The van der Waals surface area contributed by atoms with E-state index in [0.29, 0.717) is 5.69 Å². The predicted octanol–water partition coefficient (Wildman–Crippen LogP) is 2.81. The van der Waals surface area contributed by atoms with Gasteiger partial charge in [0.15, 0.2) is 6.23 Å². The predicted molar refractivity (Wildman–Crippen MR) is 69.6 cm³/mol. The molecule has 0 fully saturated rings. The molecule has 3 N–H and O–H groups in total. The van der Waals surface area contributed by atoms with Crippen LogP contribution in [0.5, 0.6) is 0 Å². The number of amides is 2. The average molecular weight is 298 g/mol. The first kappa shape index (κ1) is 14.4. The Morgan fingerprint density at radius 3 is 2.29 bits per heavy atom. The summed E-state index contributed by atoms with van der Waals surface area (Å²) in [5.41, 5.74) is 1.64. The molecule has 0 aliphatic heterocycles. The van der Waals surface area contributed by atoms with Crippen molar-refractivity contribution >= 4 is 46.5 Å². The van der Waals surface area contributed by atoms with Crippen LogP contribution in [0.4, 0.5) is 10.5 Å². The lowest BCUT2D eigenvalue weighted by Crippen LogP contribution is -2.45. The fourth-order valence-electron chi connectivity index (χ4n) is 1.01. The number of carbonyl (C=O) groups is 1. The summed E-state index contributed by atoms with van der Waals surface area (Å²) in [6.45, 7) is 1.93. The van der Waals surface area contributed by atoms with Crippen molar-refractivity contribution in [3.05, 3.63) is 29.8 Å². The molecule has 2 amide bonds. The highest BCUT2D eigenvalue weighted by Gasteiger charge is 2.32. The number of aliphatic hydroxyl groups is 1. The van der Waals surface area contributed by atoms with Gasteiger partial charge in [-0.25, -0.2) is 4.79 Å². The molecule has 0 spiro atoms. The first-order valence-corrected chi connectivity index (χ1v) is 5.81. The van der Waals surface area contributed by atoms with Crippen molar-refractivity contribution in [2.24, 2.45) is 0 Å². The minimum atomic E-state index is -1.97. The van der Waals surface area contributed by atoms with Crippen LogP contribution in [0.1, 0.15) is 5.56 Å². The van der Waals surface area contributed by atoms with Crippen molar-refractivity contribution in [3.8, 4) is 0 Å². The molecule has 0 aromatic heterocycles. The van der Waals surface area contributed by atoms with E-state index in [9.17, 15) is 9.90 Å². The zero-order chi connectivity index (χ0) is 13.1. The number of halogens is 3. The number of aryl methyl sites for hydroxylation is 1. The molecule has 1 aromatic rings. The second-order valence-electron chi connectivity index (χ2n) is 3.41. The normalized spacial score (nSPS) is 13.0. The Kier molecular flexibility index (Phi) is 4.89. The zero-order valence-corrected chi connectivity index (χ0v) is 11.1. The molecule has 1 aromatic carbocycles. The molecule has 0 bridgehead atoms. The van der Waals surface area contributed by atoms with Gasteiger partial charge in [-0.3, -0.25) is 0 Å². The summed E-state index contributed by atoms with van der Waals surface area (Å²) in [6.07, 6.45) is -1.59. The number of alkyl halides is 3. The molecule has 0 saturated carbocycles. The van der Waals surface area contributed by atoms with Crippen LogP contribution in [0.15, 0.2) is 24.3 Å². The Hall–Kier alpha value is -0.680. The number of anilines is 1. The van der Waals surface area contributed by atoms with Crippen molar-refractivity contribution in [2.75, 3.05) is 5.32 Å². The molecule has 1 atom stereocenters. The zero-order valence-electron chi connectivity index (χ0n) is 8.88. The van der Waals surface area contributed by atoms with Crippen molar-refractivity contribution in [1.29, 1.82) is 0 Å². The van der Waals surface area contributed by atoms with E-state index in [4.69, 9.17) is 34.8 Å². The van der Waals surface area contributed by atoms with Gasteiger partial charge in [-0.1, -0.05) is 52.5 Å². The maximum absolute atomic E-state index is 11.4. The minimum absolute atomic E-state index is 0.574. The fraction of sp³-hybridized carbons (Fsp3) is 0.300.